The molecule has 1 N–H and O–H groups in total. The zero-order chi connectivity index (χ0) is 25.8. The normalized spacial score (nSPS) is 14.8. The van der Waals surface area contributed by atoms with Gasteiger partial charge in [0.1, 0.15) is 11.2 Å². The first-order valence-corrected chi connectivity index (χ1v) is 12.0. The van der Waals surface area contributed by atoms with Crippen LogP contribution in [0.4, 0.5) is 18.9 Å². The van der Waals surface area contributed by atoms with Crippen molar-refractivity contribution < 1.29 is 17.9 Å². The molecule has 4 heterocycles. The zero-order valence-electron chi connectivity index (χ0n) is 20.8. The van der Waals surface area contributed by atoms with Crippen LogP contribution in [-0.2, 0) is 23.4 Å². The van der Waals surface area contributed by atoms with Crippen LogP contribution in [0.5, 0.6) is 0 Å². The standard InChI is InChI=1S/C25H26ClF3N6O.ClH/c1-24(2,3)21-18(26)20(34(4)33-21)23-31-19-17(35-9-11-36-12-10-35)13-16(30-22(19)32-23)14-7-5-6-8-15(14)25(27,28)29;/h5-8,13H,9-12H2,1-4H3,(H,30,31,32);1H. The molecule has 0 spiro atoms. The lowest BCUT2D eigenvalue weighted by Gasteiger charge is -2.29. The summed E-state index contributed by atoms with van der Waals surface area (Å²) in [6.45, 7) is 8.27. The number of morpholine rings is 1. The van der Waals surface area contributed by atoms with Gasteiger partial charge in [-0.15, -0.1) is 12.4 Å². The van der Waals surface area contributed by atoms with E-state index in [0.717, 1.165) is 11.8 Å². The molecule has 5 rings (SSSR count). The lowest BCUT2D eigenvalue weighted by atomic mass is 9.92. The first-order chi connectivity index (χ1) is 16.9. The molecule has 7 nitrogen and oxygen atoms in total. The number of aromatic nitrogens is 5. The number of H-pyrrole nitrogens is 1. The number of hydrogen-bond acceptors (Lipinski definition) is 5. The number of ether oxygens (including phenoxy) is 1. The summed E-state index contributed by atoms with van der Waals surface area (Å²) in [7, 11) is 1.78. The van der Waals surface area contributed by atoms with E-state index in [1.807, 2.05) is 20.8 Å². The molecule has 198 valence electrons. The smallest absolute Gasteiger partial charge is 0.378 e. The fourth-order valence-electron chi connectivity index (χ4n) is 4.46. The highest BCUT2D eigenvalue weighted by Crippen LogP contribution is 2.40. The lowest BCUT2D eigenvalue weighted by molar-refractivity contribution is -0.137. The molecule has 12 heteroatoms. The quantitative estimate of drug-likeness (QED) is 0.324. The highest BCUT2D eigenvalue weighted by molar-refractivity contribution is 6.33. The van der Waals surface area contributed by atoms with Crippen molar-refractivity contribution in [2.24, 2.45) is 7.05 Å². The van der Waals surface area contributed by atoms with E-state index in [2.05, 4.69) is 25.0 Å². The van der Waals surface area contributed by atoms with Crippen LogP contribution in [0.25, 0.3) is 33.9 Å². The van der Waals surface area contributed by atoms with Gasteiger partial charge in [0.05, 0.1) is 40.9 Å². The summed E-state index contributed by atoms with van der Waals surface area (Å²) >= 11 is 6.75. The van der Waals surface area contributed by atoms with Gasteiger partial charge in [-0.05, 0) is 12.1 Å². The SMILES string of the molecule is Cl.Cn1nc(C(C)(C)C)c(Cl)c1-c1nc2nc(-c3ccccc3C(F)(F)F)cc(N3CCOCC3)c2[nH]1. The number of imidazole rings is 1. The second-order valence-electron chi connectivity index (χ2n) is 9.84. The van der Waals surface area contributed by atoms with Crippen LogP contribution in [0.15, 0.2) is 30.3 Å². The van der Waals surface area contributed by atoms with Crippen molar-refractivity contribution in [2.45, 2.75) is 32.4 Å². The summed E-state index contributed by atoms with van der Waals surface area (Å²) in [5, 5.41) is 5.07. The van der Waals surface area contributed by atoms with Gasteiger partial charge in [0.15, 0.2) is 11.5 Å². The third-order valence-corrected chi connectivity index (χ3v) is 6.58. The maximum Gasteiger partial charge on any atom is 0.417 e. The number of aromatic amines is 1. The van der Waals surface area contributed by atoms with E-state index < -0.39 is 11.7 Å². The van der Waals surface area contributed by atoms with E-state index in [1.54, 1.807) is 23.9 Å². The van der Waals surface area contributed by atoms with E-state index in [1.165, 1.54) is 12.1 Å². The van der Waals surface area contributed by atoms with Crippen LogP contribution in [0.2, 0.25) is 5.02 Å². The molecular formula is C25H27Cl2F3N6O. The van der Waals surface area contributed by atoms with Gasteiger partial charge in [0.2, 0.25) is 0 Å². The number of hydrogen-bond donors (Lipinski definition) is 1. The summed E-state index contributed by atoms with van der Waals surface area (Å²) in [5.41, 5.74) is 2.11. The fraction of sp³-hybridized carbons (Fsp3) is 0.400. The van der Waals surface area contributed by atoms with E-state index in [9.17, 15) is 13.2 Å². The summed E-state index contributed by atoms with van der Waals surface area (Å²) in [4.78, 5) is 14.6. The molecule has 1 fully saturated rings. The van der Waals surface area contributed by atoms with Crippen LogP contribution in [0.1, 0.15) is 32.0 Å². The third kappa shape index (κ3) is 5.02. The molecule has 0 amide bonds. The molecule has 0 radical (unpaired) electrons. The Kier molecular flexibility index (Phi) is 7.22. The first-order valence-electron chi connectivity index (χ1n) is 11.6. The molecule has 0 saturated carbocycles. The maximum atomic E-state index is 13.8. The number of pyridine rings is 1. The van der Waals surface area contributed by atoms with Crippen molar-refractivity contribution in [1.29, 1.82) is 0 Å². The van der Waals surface area contributed by atoms with Crippen LogP contribution in [0.3, 0.4) is 0 Å². The fourth-order valence-corrected chi connectivity index (χ4v) is 5.00. The van der Waals surface area contributed by atoms with Gasteiger partial charge < -0.3 is 14.6 Å². The van der Waals surface area contributed by atoms with Crippen molar-refractivity contribution in [3.63, 3.8) is 0 Å². The first kappa shape index (κ1) is 27.2. The van der Waals surface area contributed by atoms with Crippen molar-refractivity contribution in [3.05, 3.63) is 46.6 Å². The molecule has 0 atom stereocenters. The number of alkyl halides is 3. The Morgan fingerprint density at radius 1 is 1.05 bits per heavy atom. The molecule has 4 aromatic rings. The van der Waals surface area contributed by atoms with E-state index >= 15 is 0 Å². The largest absolute Gasteiger partial charge is 0.417 e. The van der Waals surface area contributed by atoms with E-state index in [-0.39, 0.29) is 29.1 Å². The number of rotatable bonds is 3. The van der Waals surface area contributed by atoms with Crippen LogP contribution < -0.4 is 4.90 Å². The predicted molar refractivity (Wildman–Crippen MR) is 141 cm³/mol. The highest BCUT2D eigenvalue weighted by atomic mass is 35.5. The molecule has 1 aromatic carbocycles. The summed E-state index contributed by atoms with van der Waals surface area (Å²) < 4.78 is 48.6. The number of anilines is 1. The van der Waals surface area contributed by atoms with Crippen LogP contribution >= 0.6 is 24.0 Å². The number of halogens is 5. The van der Waals surface area contributed by atoms with E-state index in [0.29, 0.717) is 59.7 Å². The summed E-state index contributed by atoms with van der Waals surface area (Å²) in [5.74, 6) is 0.448. The van der Waals surface area contributed by atoms with Gasteiger partial charge in [-0.1, -0.05) is 50.6 Å². The molecule has 3 aromatic heterocycles. The second-order valence-corrected chi connectivity index (χ2v) is 10.2. The molecule has 1 aliphatic rings. The van der Waals surface area contributed by atoms with Gasteiger partial charge in [-0.2, -0.15) is 18.3 Å². The van der Waals surface area contributed by atoms with Gasteiger partial charge >= 0.3 is 6.18 Å². The summed E-state index contributed by atoms with van der Waals surface area (Å²) in [6, 6.07) is 7.13. The minimum absolute atomic E-state index is 0. The van der Waals surface area contributed by atoms with Gasteiger partial charge in [-0.25, -0.2) is 9.97 Å². The van der Waals surface area contributed by atoms with Crippen molar-refractivity contribution in [2.75, 3.05) is 31.2 Å². The average Bonchev–Trinajstić information content (AvgIpc) is 3.38. The zero-order valence-corrected chi connectivity index (χ0v) is 22.4. The number of benzene rings is 1. The number of aryl methyl sites for hydroxylation is 1. The summed E-state index contributed by atoms with van der Waals surface area (Å²) in [6.07, 6.45) is -4.52. The van der Waals surface area contributed by atoms with Gasteiger partial charge in [-0.3, -0.25) is 4.68 Å². The van der Waals surface area contributed by atoms with Crippen molar-refractivity contribution >= 4 is 40.9 Å². The van der Waals surface area contributed by atoms with Gasteiger partial charge in [0, 0.05) is 31.1 Å². The van der Waals surface area contributed by atoms with Crippen LogP contribution in [0, 0.1) is 0 Å². The number of fused-ring (bicyclic) bond motifs is 1. The lowest BCUT2D eigenvalue weighted by Crippen LogP contribution is -2.36. The Hall–Kier alpha value is -2.82. The third-order valence-electron chi connectivity index (χ3n) is 6.22. The minimum atomic E-state index is -4.52. The Bertz CT molecular complexity index is 1430. The molecule has 0 unspecified atom stereocenters. The van der Waals surface area contributed by atoms with Gasteiger partial charge in [0.25, 0.3) is 0 Å². The Morgan fingerprint density at radius 2 is 1.73 bits per heavy atom. The average molecular weight is 555 g/mol. The Balaban J connectivity index is 0.00000320. The topological polar surface area (TPSA) is 71.9 Å². The molecular weight excluding hydrogens is 528 g/mol. The maximum absolute atomic E-state index is 13.8. The van der Waals surface area contributed by atoms with Crippen LogP contribution in [-0.4, -0.2) is 51.0 Å². The van der Waals surface area contributed by atoms with Crippen molar-refractivity contribution in [3.8, 4) is 22.8 Å². The second kappa shape index (κ2) is 9.81. The minimum Gasteiger partial charge on any atom is -0.378 e. The van der Waals surface area contributed by atoms with E-state index in [4.69, 9.17) is 16.3 Å². The molecule has 0 bridgehead atoms. The molecule has 0 aliphatic carbocycles. The molecule has 1 aliphatic heterocycles. The van der Waals surface area contributed by atoms with Crippen molar-refractivity contribution in [1.82, 2.24) is 24.7 Å². The molecule has 37 heavy (non-hydrogen) atoms. The monoisotopic (exact) mass is 554 g/mol. The Morgan fingerprint density at radius 3 is 2.35 bits per heavy atom. The molecule has 1 saturated heterocycles. The highest BCUT2D eigenvalue weighted by Gasteiger charge is 2.34. The number of nitrogens with one attached hydrogen (secondary N) is 1. The Labute approximate surface area is 223 Å². The predicted octanol–water partition coefficient (Wildman–Crippen LogP) is 6.25. The number of nitrogens with zero attached hydrogens (tertiary/aromatic N) is 5.